The minimum absolute atomic E-state index is 0.672. The Kier molecular flexibility index (Phi) is 4.07. The average Bonchev–Trinajstić information content (AvgIpc) is 2.75. The number of thioether (sulfide) groups is 1. The van der Waals surface area contributed by atoms with Crippen molar-refractivity contribution >= 4 is 39.0 Å². The van der Waals surface area contributed by atoms with E-state index in [1.54, 1.807) is 11.3 Å². The molecule has 1 N–H and O–H groups in total. The zero-order chi connectivity index (χ0) is 11.4. The van der Waals surface area contributed by atoms with Crippen LogP contribution < -0.4 is 5.32 Å². The maximum atomic E-state index is 4.40. The molecule has 1 unspecified atom stereocenters. The number of fused-ring (bicyclic) bond motifs is 1. The largest absolute Gasteiger partial charge is 0.369 e. The lowest BCUT2D eigenvalue weighted by Gasteiger charge is -2.12. The van der Waals surface area contributed by atoms with E-state index in [0.29, 0.717) is 5.92 Å². The summed E-state index contributed by atoms with van der Waals surface area (Å²) in [7, 11) is 0. The van der Waals surface area contributed by atoms with E-state index in [-0.39, 0.29) is 0 Å². The number of anilines is 1. The first-order chi connectivity index (χ1) is 7.81. The lowest BCUT2D eigenvalue weighted by molar-refractivity contribution is 0.700. The molecule has 0 aliphatic rings. The number of nitrogens with zero attached hydrogens (tertiary/aromatic N) is 1. The molecule has 4 heteroatoms. The van der Waals surface area contributed by atoms with Gasteiger partial charge in [0.1, 0.15) is 5.82 Å². The second-order valence-corrected chi connectivity index (χ2v) is 5.79. The van der Waals surface area contributed by atoms with Crippen LogP contribution in [0.25, 0.3) is 10.1 Å². The SMILES string of the molecule is CSCC(C)CNc1nccc2sccc12. The van der Waals surface area contributed by atoms with Crippen LogP contribution in [-0.4, -0.2) is 23.5 Å². The molecule has 0 aliphatic heterocycles. The van der Waals surface area contributed by atoms with Crippen LogP contribution in [0.15, 0.2) is 23.7 Å². The fourth-order valence-corrected chi connectivity index (χ4v) is 3.12. The molecule has 0 aromatic carbocycles. The maximum absolute atomic E-state index is 4.40. The fraction of sp³-hybridized carbons (Fsp3) is 0.417. The van der Waals surface area contributed by atoms with Crippen molar-refractivity contribution in [2.45, 2.75) is 6.92 Å². The predicted octanol–water partition coefficient (Wildman–Crippen LogP) is 3.71. The molecule has 1 atom stereocenters. The van der Waals surface area contributed by atoms with Gasteiger partial charge >= 0.3 is 0 Å². The predicted molar refractivity (Wildman–Crippen MR) is 75.7 cm³/mol. The van der Waals surface area contributed by atoms with Gasteiger partial charge in [0.15, 0.2) is 0 Å². The van der Waals surface area contributed by atoms with E-state index in [4.69, 9.17) is 0 Å². The molecule has 0 fully saturated rings. The van der Waals surface area contributed by atoms with Gasteiger partial charge < -0.3 is 5.32 Å². The van der Waals surface area contributed by atoms with E-state index in [0.717, 1.165) is 12.4 Å². The van der Waals surface area contributed by atoms with Crippen LogP contribution in [0.1, 0.15) is 6.92 Å². The first-order valence-corrected chi connectivity index (χ1v) is 7.63. The monoisotopic (exact) mass is 252 g/mol. The zero-order valence-electron chi connectivity index (χ0n) is 9.56. The van der Waals surface area contributed by atoms with Crippen molar-refractivity contribution in [2.24, 2.45) is 5.92 Å². The molecule has 2 nitrogen and oxygen atoms in total. The highest BCUT2D eigenvalue weighted by Gasteiger charge is 2.05. The molecule has 0 spiro atoms. The first-order valence-electron chi connectivity index (χ1n) is 5.36. The highest BCUT2D eigenvalue weighted by atomic mass is 32.2. The highest BCUT2D eigenvalue weighted by Crippen LogP contribution is 2.25. The number of nitrogens with one attached hydrogen (secondary N) is 1. The van der Waals surface area contributed by atoms with Crippen molar-refractivity contribution in [3.05, 3.63) is 23.7 Å². The van der Waals surface area contributed by atoms with Crippen LogP contribution in [0, 0.1) is 5.92 Å². The van der Waals surface area contributed by atoms with Crippen molar-refractivity contribution < 1.29 is 0 Å². The van der Waals surface area contributed by atoms with Crippen molar-refractivity contribution in [1.29, 1.82) is 0 Å². The van der Waals surface area contributed by atoms with Gasteiger partial charge in [-0.1, -0.05) is 6.92 Å². The van der Waals surface area contributed by atoms with Crippen LogP contribution in [0.5, 0.6) is 0 Å². The standard InChI is InChI=1S/C12H16N2S2/c1-9(8-15-2)7-14-12-10-4-6-16-11(10)3-5-13-12/h3-6,9H,7-8H2,1-2H3,(H,13,14). The summed E-state index contributed by atoms with van der Waals surface area (Å²) in [5.41, 5.74) is 0. The molecule has 2 heterocycles. The second-order valence-electron chi connectivity index (χ2n) is 3.93. The highest BCUT2D eigenvalue weighted by molar-refractivity contribution is 7.98. The van der Waals surface area contributed by atoms with Gasteiger partial charge in [-0.2, -0.15) is 11.8 Å². The summed E-state index contributed by atoms with van der Waals surface area (Å²) in [5, 5.41) is 6.79. The van der Waals surface area contributed by atoms with E-state index in [1.807, 2.05) is 18.0 Å². The molecule has 2 aromatic heterocycles. The Bertz CT molecular complexity index is 453. The van der Waals surface area contributed by atoms with Crippen LogP contribution in [-0.2, 0) is 0 Å². The van der Waals surface area contributed by atoms with Crippen LogP contribution >= 0.6 is 23.1 Å². The van der Waals surface area contributed by atoms with E-state index < -0.39 is 0 Å². The molecule has 86 valence electrons. The Morgan fingerprint density at radius 1 is 1.50 bits per heavy atom. The summed E-state index contributed by atoms with van der Waals surface area (Å²) in [6, 6.07) is 4.20. The van der Waals surface area contributed by atoms with Gasteiger partial charge in [0, 0.05) is 22.8 Å². The third-order valence-electron chi connectivity index (χ3n) is 2.45. The van der Waals surface area contributed by atoms with Crippen molar-refractivity contribution in [1.82, 2.24) is 4.98 Å². The number of rotatable bonds is 5. The first kappa shape index (κ1) is 11.7. The van der Waals surface area contributed by atoms with Gasteiger partial charge in [-0.05, 0) is 35.4 Å². The molecule has 0 saturated heterocycles. The maximum Gasteiger partial charge on any atom is 0.134 e. The molecular weight excluding hydrogens is 236 g/mol. The Morgan fingerprint density at radius 2 is 2.38 bits per heavy atom. The third-order valence-corrected chi connectivity index (χ3v) is 4.23. The van der Waals surface area contributed by atoms with Gasteiger partial charge in [-0.15, -0.1) is 11.3 Å². The minimum atomic E-state index is 0.672. The normalized spacial score (nSPS) is 12.9. The summed E-state index contributed by atoms with van der Waals surface area (Å²) in [5.74, 6) is 2.88. The van der Waals surface area contributed by atoms with Gasteiger partial charge in [0.25, 0.3) is 0 Å². The minimum Gasteiger partial charge on any atom is -0.369 e. The van der Waals surface area contributed by atoms with Gasteiger partial charge in [-0.25, -0.2) is 4.98 Å². The summed E-state index contributed by atoms with van der Waals surface area (Å²) in [4.78, 5) is 4.40. The van der Waals surface area contributed by atoms with Gasteiger partial charge in [-0.3, -0.25) is 0 Å². The lowest BCUT2D eigenvalue weighted by atomic mass is 10.2. The fourth-order valence-electron chi connectivity index (χ4n) is 1.65. The van der Waals surface area contributed by atoms with Crippen molar-refractivity contribution in [3.63, 3.8) is 0 Å². The van der Waals surface area contributed by atoms with E-state index in [9.17, 15) is 0 Å². The summed E-state index contributed by atoms with van der Waals surface area (Å²) in [6.07, 6.45) is 4.02. The molecule has 0 radical (unpaired) electrons. The second kappa shape index (κ2) is 5.55. The number of hydrogen-bond acceptors (Lipinski definition) is 4. The smallest absolute Gasteiger partial charge is 0.134 e. The molecule has 0 amide bonds. The van der Waals surface area contributed by atoms with Crippen LogP contribution in [0.3, 0.4) is 0 Å². The van der Waals surface area contributed by atoms with Crippen molar-refractivity contribution in [3.8, 4) is 0 Å². The lowest BCUT2D eigenvalue weighted by Crippen LogP contribution is -2.14. The quantitative estimate of drug-likeness (QED) is 0.878. The van der Waals surface area contributed by atoms with Gasteiger partial charge in [0.2, 0.25) is 0 Å². The molecule has 16 heavy (non-hydrogen) atoms. The van der Waals surface area contributed by atoms with Gasteiger partial charge in [0.05, 0.1) is 0 Å². The average molecular weight is 252 g/mol. The third kappa shape index (κ3) is 2.68. The number of thiophene rings is 1. The molecule has 2 rings (SSSR count). The summed E-state index contributed by atoms with van der Waals surface area (Å²) < 4.78 is 1.30. The number of pyridine rings is 1. The molecule has 0 bridgehead atoms. The molecule has 0 aliphatic carbocycles. The Balaban J connectivity index is 2.06. The Hall–Kier alpha value is -0.740. The van der Waals surface area contributed by atoms with E-state index in [2.05, 4.69) is 41.0 Å². The number of aromatic nitrogens is 1. The summed E-state index contributed by atoms with van der Waals surface area (Å²) >= 11 is 3.65. The van der Waals surface area contributed by atoms with E-state index >= 15 is 0 Å². The molecular formula is C12H16N2S2. The zero-order valence-corrected chi connectivity index (χ0v) is 11.2. The number of hydrogen-bond donors (Lipinski definition) is 1. The molecule has 2 aromatic rings. The van der Waals surface area contributed by atoms with E-state index in [1.165, 1.54) is 15.8 Å². The Morgan fingerprint density at radius 3 is 3.19 bits per heavy atom. The summed E-state index contributed by atoms with van der Waals surface area (Å²) in [6.45, 7) is 3.25. The topological polar surface area (TPSA) is 24.9 Å². The Labute approximate surface area is 104 Å². The molecule has 0 saturated carbocycles. The van der Waals surface area contributed by atoms with Crippen LogP contribution in [0.4, 0.5) is 5.82 Å². The van der Waals surface area contributed by atoms with Crippen molar-refractivity contribution in [2.75, 3.05) is 23.9 Å². The van der Waals surface area contributed by atoms with Crippen LogP contribution in [0.2, 0.25) is 0 Å².